The van der Waals surface area contributed by atoms with Crippen molar-refractivity contribution in [3.8, 4) is 17.2 Å². The van der Waals surface area contributed by atoms with Gasteiger partial charge in [0.15, 0.2) is 6.61 Å². The van der Waals surface area contributed by atoms with Gasteiger partial charge in [-0.05, 0) is 17.3 Å². The molecular weight excluding hydrogens is 386 g/mol. The van der Waals surface area contributed by atoms with Crippen molar-refractivity contribution in [3.63, 3.8) is 0 Å². The van der Waals surface area contributed by atoms with E-state index in [9.17, 15) is 4.79 Å². The van der Waals surface area contributed by atoms with Crippen molar-refractivity contribution in [3.05, 3.63) is 53.3 Å². The van der Waals surface area contributed by atoms with E-state index >= 15 is 0 Å². The standard InChI is InChI=1S/C18H18ClN5O4/c1-26-15-9-14(16(27-2)8-13(15)19)20-18(25)10-24-22-17(21-23-24)11-28-12-6-4-3-5-7-12/h3-9H,10-11H2,1-2H3,(H,20,25). The highest BCUT2D eigenvalue weighted by molar-refractivity contribution is 6.32. The lowest BCUT2D eigenvalue weighted by molar-refractivity contribution is -0.117. The molecule has 2 aromatic carbocycles. The SMILES string of the molecule is COc1cc(NC(=O)Cn2nnc(COc3ccccc3)n2)c(OC)cc1Cl. The van der Waals surface area contributed by atoms with Crippen LogP contribution in [-0.4, -0.2) is 40.3 Å². The van der Waals surface area contributed by atoms with Crippen molar-refractivity contribution in [2.75, 3.05) is 19.5 Å². The van der Waals surface area contributed by atoms with Crippen LogP contribution in [0.15, 0.2) is 42.5 Å². The topological polar surface area (TPSA) is 100 Å². The van der Waals surface area contributed by atoms with E-state index in [1.807, 2.05) is 30.3 Å². The molecule has 28 heavy (non-hydrogen) atoms. The minimum Gasteiger partial charge on any atom is -0.495 e. The number of nitrogens with zero attached hydrogens (tertiary/aromatic N) is 4. The Hall–Kier alpha value is -3.33. The number of halogens is 1. The molecule has 146 valence electrons. The first-order valence-corrected chi connectivity index (χ1v) is 8.62. The summed E-state index contributed by atoms with van der Waals surface area (Å²) in [4.78, 5) is 13.5. The highest BCUT2D eigenvalue weighted by Gasteiger charge is 2.14. The van der Waals surface area contributed by atoms with Crippen LogP contribution in [0.2, 0.25) is 5.02 Å². The van der Waals surface area contributed by atoms with Crippen molar-refractivity contribution in [1.29, 1.82) is 0 Å². The van der Waals surface area contributed by atoms with Crippen molar-refractivity contribution in [2.24, 2.45) is 0 Å². The predicted molar refractivity (Wildman–Crippen MR) is 102 cm³/mol. The Morgan fingerprint density at radius 3 is 2.61 bits per heavy atom. The maximum atomic E-state index is 12.3. The van der Waals surface area contributed by atoms with Crippen LogP contribution < -0.4 is 19.5 Å². The Morgan fingerprint density at radius 2 is 1.89 bits per heavy atom. The van der Waals surface area contributed by atoms with Crippen LogP contribution in [0.25, 0.3) is 0 Å². The van der Waals surface area contributed by atoms with Gasteiger partial charge in [0.25, 0.3) is 0 Å². The number of nitrogens with one attached hydrogen (secondary N) is 1. The number of aromatic nitrogens is 4. The lowest BCUT2D eigenvalue weighted by Gasteiger charge is -2.12. The van der Waals surface area contributed by atoms with Gasteiger partial charge in [-0.1, -0.05) is 29.8 Å². The Labute approximate surface area is 166 Å². The fraction of sp³-hybridized carbons (Fsp3) is 0.222. The number of carbonyl (C=O) groups is 1. The number of anilines is 1. The number of amides is 1. The predicted octanol–water partition coefficient (Wildman–Crippen LogP) is 2.56. The van der Waals surface area contributed by atoms with Gasteiger partial charge in [0.1, 0.15) is 23.8 Å². The molecule has 0 aliphatic heterocycles. The molecule has 0 saturated heterocycles. The molecule has 9 nitrogen and oxygen atoms in total. The summed E-state index contributed by atoms with van der Waals surface area (Å²) in [5, 5.41) is 15.0. The molecule has 1 amide bonds. The van der Waals surface area contributed by atoms with Crippen molar-refractivity contribution >= 4 is 23.2 Å². The number of tetrazole rings is 1. The van der Waals surface area contributed by atoms with Crippen molar-refractivity contribution in [1.82, 2.24) is 20.2 Å². The number of methoxy groups -OCH3 is 2. The highest BCUT2D eigenvalue weighted by atomic mass is 35.5. The Morgan fingerprint density at radius 1 is 1.14 bits per heavy atom. The maximum absolute atomic E-state index is 12.3. The fourth-order valence-corrected chi connectivity index (χ4v) is 2.57. The Bertz CT molecular complexity index is 948. The van der Waals surface area contributed by atoms with E-state index in [0.717, 1.165) is 0 Å². The van der Waals surface area contributed by atoms with Crippen LogP contribution in [0, 0.1) is 0 Å². The van der Waals surface area contributed by atoms with Crippen molar-refractivity contribution < 1.29 is 19.0 Å². The summed E-state index contributed by atoms with van der Waals surface area (Å²) in [6, 6.07) is 12.4. The highest BCUT2D eigenvalue weighted by Crippen LogP contribution is 2.35. The molecule has 1 heterocycles. The zero-order chi connectivity index (χ0) is 19.9. The fourth-order valence-electron chi connectivity index (χ4n) is 2.34. The summed E-state index contributed by atoms with van der Waals surface area (Å²) in [6.07, 6.45) is 0. The van der Waals surface area contributed by atoms with E-state index in [2.05, 4.69) is 20.7 Å². The molecule has 1 aromatic heterocycles. The summed E-state index contributed by atoms with van der Waals surface area (Å²) in [6.45, 7) is 0.0142. The zero-order valence-electron chi connectivity index (χ0n) is 15.3. The second-order valence-electron chi connectivity index (χ2n) is 5.57. The quantitative estimate of drug-likeness (QED) is 0.616. The van der Waals surface area contributed by atoms with Gasteiger partial charge in [-0.3, -0.25) is 4.79 Å². The van der Waals surface area contributed by atoms with E-state index in [0.29, 0.717) is 33.8 Å². The van der Waals surface area contributed by atoms with E-state index in [1.54, 1.807) is 12.1 Å². The van der Waals surface area contributed by atoms with Gasteiger partial charge in [0.05, 0.1) is 24.9 Å². The molecule has 3 rings (SSSR count). The first kappa shape index (κ1) is 19.4. The molecule has 1 N–H and O–H groups in total. The van der Waals surface area contributed by atoms with Crippen LogP contribution in [0.4, 0.5) is 5.69 Å². The first-order chi connectivity index (χ1) is 13.6. The molecule has 0 saturated carbocycles. The first-order valence-electron chi connectivity index (χ1n) is 8.25. The summed E-state index contributed by atoms with van der Waals surface area (Å²) >= 11 is 6.06. The molecule has 0 aliphatic carbocycles. The molecular formula is C18H18ClN5O4. The maximum Gasteiger partial charge on any atom is 0.248 e. The molecule has 0 radical (unpaired) electrons. The lowest BCUT2D eigenvalue weighted by atomic mass is 10.2. The largest absolute Gasteiger partial charge is 0.495 e. The second kappa shape index (κ2) is 9.05. The number of rotatable bonds is 8. The smallest absolute Gasteiger partial charge is 0.248 e. The average Bonchev–Trinajstić information content (AvgIpc) is 3.15. The Kier molecular flexibility index (Phi) is 6.28. The summed E-state index contributed by atoms with van der Waals surface area (Å²) < 4.78 is 15.9. The number of ether oxygens (including phenoxy) is 3. The number of carbonyl (C=O) groups excluding carboxylic acids is 1. The number of para-hydroxylation sites is 1. The molecule has 3 aromatic rings. The van der Waals surface area contributed by atoms with Gasteiger partial charge < -0.3 is 19.5 Å². The van der Waals surface area contributed by atoms with Gasteiger partial charge in [-0.15, -0.1) is 10.2 Å². The molecule has 0 unspecified atom stereocenters. The third-order valence-electron chi connectivity index (χ3n) is 3.64. The summed E-state index contributed by atoms with van der Waals surface area (Å²) in [7, 11) is 2.96. The lowest BCUT2D eigenvalue weighted by Crippen LogP contribution is -2.21. The molecule has 0 aliphatic rings. The number of benzene rings is 2. The van der Waals surface area contributed by atoms with E-state index in [4.69, 9.17) is 25.8 Å². The third kappa shape index (κ3) is 4.89. The molecule has 0 atom stereocenters. The van der Waals surface area contributed by atoms with Gasteiger partial charge in [0.2, 0.25) is 11.7 Å². The summed E-state index contributed by atoms with van der Waals surface area (Å²) in [5.74, 6) is 1.51. The van der Waals surface area contributed by atoms with E-state index < -0.39 is 0 Å². The normalized spacial score (nSPS) is 10.4. The minimum absolute atomic E-state index is 0.133. The van der Waals surface area contributed by atoms with Crippen LogP contribution >= 0.6 is 11.6 Å². The minimum atomic E-state index is -0.365. The van der Waals surface area contributed by atoms with Crippen molar-refractivity contribution in [2.45, 2.75) is 13.2 Å². The van der Waals surface area contributed by atoms with Crippen LogP contribution in [0.5, 0.6) is 17.2 Å². The number of hydrogen-bond acceptors (Lipinski definition) is 7. The van der Waals surface area contributed by atoms with Gasteiger partial charge >= 0.3 is 0 Å². The molecule has 0 bridgehead atoms. The second-order valence-corrected chi connectivity index (χ2v) is 5.98. The Balaban J connectivity index is 1.60. The molecule has 10 heteroatoms. The van der Waals surface area contributed by atoms with Gasteiger partial charge in [-0.25, -0.2) is 0 Å². The third-order valence-corrected chi connectivity index (χ3v) is 3.93. The zero-order valence-corrected chi connectivity index (χ0v) is 16.0. The van der Waals surface area contributed by atoms with Crippen LogP contribution in [0.1, 0.15) is 5.82 Å². The average molecular weight is 404 g/mol. The summed E-state index contributed by atoms with van der Waals surface area (Å²) in [5.41, 5.74) is 0.418. The van der Waals surface area contributed by atoms with Gasteiger partial charge in [-0.2, -0.15) is 4.80 Å². The van der Waals surface area contributed by atoms with Gasteiger partial charge in [0, 0.05) is 12.1 Å². The van der Waals surface area contributed by atoms with Crippen LogP contribution in [0.3, 0.4) is 0 Å². The number of hydrogen-bond donors (Lipinski definition) is 1. The molecule has 0 spiro atoms. The monoisotopic (exact) mass is 403 g/mol. The van der Waals surface area contributed by atoms with E-state index in [1.165, 1.54) is 19.0 Å². The molecule has 0 fully saturated rings. The van der Waals surface area contributed by atoms with E-state index in [-0.39, 0.29) is 19.1 Å². The van der Waals surface area contributed by atoms with Crippen LogP contribution in [-0.2, 0) is 17.9 Å².